The molecule has 0 aliphatic carbocycles. The van der Waals surface area contributed by atoms with Crippen LogP contribution in [-0.4, -0.2) is 16.6 Å². The Balaban J connectivity index is 1.58. The number of carbonyl (C=O) groups excluding carboxylic acids is 1. The average Bonchev–Trinajstić information content (AvgIpc) is 3.05. The van der Waals surface area contributed by atoms with E-state index in [4.69, 9.17) is 0 Å². The van der Waals surface area contributed by atoms with Crippen LogP contribution in [0.1, 0.15) is 0 Å². The number of anilines is 1. The first-order valence-corrected chi connectivity index (χ1v) is 10.6. The Bertz CT molecular complexity index is 900. The van der Waals surface area contributed by atoms with Crippen LogP contribution in [0.15, 0.2) is 61.1 Å². The molecule has 0 spiro atoms. The third-order valence-electron chi connectivity index (χ3n) is 3.16. The Hall–Kier alpha value is -1.22. The Labute approximate surface area is 169 Å². The lowest BCUT2D eigenvalue weighted by Crippen LogP contribution is -2.14. The van der Waals surface area contributed by atoms with Gasteiger partial charge < -0.3 is 5.32 Å². The van der Waals surface area contributed by atoms with E-state index < -0.39 is 5.82 Å². The van der Waals surface area contributed by atoms with Gasteiger partial charge in [0.15, 0.2) is 4.34 Å². The first-order valence-electron chi connectivity index (χ1n) is 7.10. The second-order valence-corrected chi connectivity index (χ2v) is 8.88. The summed E-state index contributed by atoms with van der Waals surface area (Å²) in [4.78, 5) is 16.5. The van der Waals surface area contributed by atoms with Gasteiger partial charge in [-0.05, 0) is 30.3 Å². The van der Waals surface area contributed by atoms with Crippen molar-refractivity contribution in [3.63, 3.8) is 0 Å². The molecule has 128 valence electrons. The number of benzene rings is 2. The SMILES string of the molecule is O=C(CSc1nc(-c2ccc(Br)cc2)cs1)Nc1ccc(Br)cc1F. The largest absolute Gasteiger partial charge is 0.323 e. The van der Waals surface area contributed by atoms with Crippen molar-refractivity contribution in [2.24, 2.45) is 0 Å². The highest BCUT2D eigenvalue weighted by atomic mass is 79.9. The number of hydrogen-bond acceptors (Lipinski definition) is 4. The zero-order valence-electron chi connectivity index (χ0n) is 12.6. The van der Waals surface area contributed by atoms with E-state index in [9.17, 15) is 9.18 Å². The fourth-order valence-corrected chi connectivity index (χ4v) is 4.21. The molecule has 0 saturated carbocycles. The zero-order valence-corrected chi connectivity index (χ0v) is 17.4. The molecule has 3 aromatic rings. The first kappa shape index (κ1) is 18.6. The summed E-state index contributed by atoms with van der Waals surface area (Å²) in [5, 5.41) is 4.52. The maximum absolute atomic E-state index is 13.7. The number of hydrogen-bond donors (Lipinski definition) is 1. The van der Waals surface area contributed by atoms with Crippen LogP contribution in [0, 0.1) is 5.82 Å². The summed E-state index contributed by atoms with van der Waals surface area (Å²) < 4.78 is 16.2. The highest BCUT2D eigenvalue weighted by Gasteiger charge is 2.10. The normalized spacial score (nSPS) is 10.7. The molecule has 0 atom stereocenters. The summed E-state index contributed by atoms with van der Waals surface area (Å²) in [6.07, 6.45) is 0. The summed E-state index contributed by atoms with van der Waals surface area (Å²) in [5.74, 6) is -0.575. The van der Waals surface area contributed by atoms with Crippen LogP contribution >= 0.6 is 55.0 Å². The van der Waals surface area contributed by atoms with Gasteiger partial charge in [-0.15, -0.1) is 11.3 Å². The highest BCUT2D eigenvalue weighted by Crippen LogP contribution is 2.29. The minimum Gasteiger partial charge on any atom is -0.323 e. The standard InChI is InChI=1S/C17H11Br2FN2OS2/c18-11-3-1-10(2-4-11)15-8-24-17(22-15)25-9-16(23)21-14-6-5-12(19)7-13(14)20/h1-8H,9H2,(H,21,23). The molecule has 8 heteroatoms. The highest BCUT2D eigenvalue weighted by molar-refractivity contribution is 9.10. The number of nitrogens with one attached hydrogen (secondary N) is 1. The molecule has 3 rings (SSSR count). The lowest BCUT2D eigenvalue weighted by atomic mass is 10.2. The van der Waals surface area contributed by atoms with Crippen LogP contribution in [0.4, 0.5) is 10.1 Å². The van der Waals surface area contributed by atoms with E-state index in [0.717, 1.165) is 20.1 Å². The van der Waals surface area contributed by atoms with Crippen molar-refractivity contribution >= 4 is 66.6 Å². The van der Waals surface area contributed by atoms with Gasteiger partial charge in [0.25, 0.3) is 0 Å². The van der Waals surface area contributed by atoms with Crippen molar-refractivity contribution in [2.75, 3.05) is 11.1 Å². The van der Waals surface area contributed by atoms with Crippen LogP contribution in [0.5, 0.6) is 0 Å². The zero-order chi connectivity index (χ0) is 17.8. The van der Waals surface area contributed by atoms with E-state index in [1.54, 1.807) is 6.07 Å². The van der Waals surface area contributed by atoms with Gasteiger partial charge in [0.2, 0.25) is 5.91 Å². The second kappa shape index (κ2) is 8.44. The molecule has 0 aliphatic heterocycles. The van der Waals surface area contributed by atoms with Gasteiger partial charge in [-0.1, -0.05) is 55.8 Å². The summed E-state index contributed by atoms with van der Waals surface area (Å²) in [6.45, 7) is 0. The van der Waals surface area contributed by atoms with E-state index in [-0.39, 0.29) is 17.3 Å². The predicted octanol–water partition coefficient (Wildman–Crippen LogP) is 6.21. The first-order chi connectivity index (χ1) is 12.0. The minimum absolute atomic E-state index is 0.169. The lowest BCUT2D eigenvalue weighted by Gasteiger charge is -2.05. The molecule has 0 unspecified atom stereocenters. The Morgan fingerprint density at radius 2 is 1.88 bits per heavy atom. The maximum atomic E-state index is 13.7. The van der Waals surface area contributed by atoms with Gasteiger partial charge in [0.1, 0.15) is 5.82 Å². The number of amides is 1. The van der Waals surface area contributed by atoms with Gasteiger partial charge in [-0.3, -0.25) is 4.79 Å². The van der Waals surface area contributed by atoms with Crippen molar-refractivity contribution in [3.8, 4) is 11.3 Å². The molecular weight excluding hydrogens is 491 g/mol. The average molecular weight is 502 g/mol. The topological polar surface area (TPSA) is 42.0 Å². The van der Waals surface area contributed by atoms with Crippen LogP contribution in [0.2, 0.25) is 0 Å². The number of aromatic nitrogens is 1. The molecule has 25 heavy (non-hydrogen) atoms. The summed E-state index contributed by atoms with van der Waals surface area (Å²) in [6, 6.07) is 12.4. The molecular formula is C17H11Br2FN2OS2. The molecule has 3 nitrogen and oxygen atoms in total. The number of thiazole rings is 1. The molecule has 2 aromatic carbocycles. The number of halogens is 3. The summed E-state index contributed by atoms with van der Waals surface area (Å²) >= 11 is 9.40. The van der Waals surface area contributed by atoms with Gasteiger partial charge in [0.05, 0.1) is 17.1 Å². The van der Waals surface area contributed by atoms with Crippen LogP contribution in [0.25, 0.3) is 11.3 Å². The van der Waals surface area contributed by atoms with E-state index >= 15 is 0 Å². The summed E-state index contributed by atoms with van der Waals surface area (Å²) in [7, 11) is 0. The van der Waals surface area contributed by atoms with Crippen molar-refractivity contribution in [1.29, 1.82) is 0 Å². The van der Waals surface area contributed by atoms with Crippen LogP contribution < -0.4 is 5.32 Å². The van der Waals surface area contributed by atoms with Crippen LogP contribution in [-0.2, 0) is 4.79 Å². The van der Waals surface area contributed by atoms with E-state index in [1.807, 2.05) is 29.6 Å². The van der Waals surface area contributed by atoms with Crippen molar-refractivity contribution in [1.82, 2.24) is 4.98 Å². The minimum atomic E-state index is -0.473. The second-order valence-electron chi connectivity index (χ2n) is 4.97. The number of nitrogens with zero attached hydrogens (tertiary/aromatic N) is 1. The fourth-order valence-electron chi connectivity index (χ4n) is 1.98. The van der Waals surface area contributed by atoms with Gasteiger partial charge in [-0.2, -0.15) is 0 Å². The Morgan fingerprint density at radius 1 is 1.16 bits per heavy atom. The lowest BCUT2D eigenvalue weighted by molar-refractivity contribution is -0.113. The van der Waals surface area contributed by atoms with Gasteiger partial charge in [0, 0.05) is 19.9 Å². The smallest absolute Gasteiger partial charge is 0.234 e. The monoisotopic (exact) mass is 500 g/mol. The Kier molecular flexibility index (Phi) is 6.27. The predicted molar refractivity (Wildman–Crippen MR) is 109 cm³/mol. The molecule has 1 amide bonds. The van der Waals surface area contributed by atoms with Crippen molar-refractivity contribution in [2.45, 2.75) is 4.34 Å². The van der Waals surface area contributed by atoms with Gasteiger partial charge in [-0.25, -0.2) is 9.37 Å². The molecule has 1 aromatic heterocycles. The Morgan fingerprint density at radius 3 is 2.60 bits per heavy atom. The summed E-state index contributed by atoms with van der Waals surface area (Å²) in [5.41, 5.74) is 2.07. The maximum Gasteiger partial charge on any atom is 0.234 e. The fraction of sp³-hybridized carbons (Fsp3) is 0.0588. The van der Waals surface area contributed by atoms with E-state index in [0.29, 0.717) is 4.47 Å². The molecule has 0 saturated heterocycles. The van der Waals surface area contributed by atoms with Crippen molar-refractivity contribution < 1.29 is 9.18 Å². The third kappa shape index (κ3) is 5.13. The quantitative estimate of drug-likeness (QED) is 0.423. The number of thioether (sulfide) groups is 1. The van der Waals surface area contributed by atoms with Crippen molar-refractivity contribution in [3.05, 3.63) is 62.6 Å². The van der Waals surface area contributed by atoms with Gasteiger partial charge >= 0.3 is 0 Å². The molecule has 0 radical (unpaired) electrons. The number of carbonyl (C=O) groups is 1. The molecule has 0 bridgehead atoms. The number of rotatable bonds is 5. The van der Waals surface area contributed by atoms with Crippen LogP contribution in [0.3, 0.4) is 0 Å². The molecule has 0 aliphatic rings. The van der Waals surface area contributed by atoms with E-state index in [1.165, 1.54) is 35.2 Å². The molecule has 1 heterocycles. The third-order valence-corrected chi connectivity index (χ3v) is 6.20. The molecule has 0 fully saturated rings. The van der Waals surface area contributed by atoms with E-state index in [2.05, 4.69) is 42.2 Å². The molecule has 1 N–H and O–H groups in total.